The first-order valence-corrected chi connectivity index (χ1v) is 8.61. The minimum atomic E-state index is -0.432. The fourth-order valence-electron chi connectivity index (χ4n) is 1.98. The first kappa shape index (κ1) is 20.0. The molecule has 0 bridgehead atoms. The highest BCUT2D eigenvalue weighted by atomic mass is 16.5. The van der Waals surface area contributed by atoms with Crippen molar-refractivity contribution in [2.24, 2.45) is 5.41 Å². The van der Waals surface area contributed by atoms with Crippen LogP contribution in [0.3, 0.4) is 0 Å². The summed E-state index contributed by atoms with van der Waals surface area (Å²) < 4.78 is 5.09. The first-order valence-electron chi connectivity index (χ1n) is 8.61. The molecule has 0 unspecified atom stereocenters. The lowest BCUT2D eigenvalue weighted by molar-refractivity contribution is -0.151. The van der Waals surface area contributed by atoms with Crippen molar-refractivity contribution in [2.75, 3.05) is 6.61 Å². The highest BCUT2D eigenvalue weighted by Crippen LogP contribution is 2.14. The Hall–Kier alpha value is -0.970. The zero-order valence-corrected chi connectivity index (χ0v) is 14.6. The number of ether oxygens (including phenoxy) is 1. The molecule has 0 aliphatic carbocycles. The number of esters is 1. The van der Waals surface area contributed by atoms with Crippen LogP contribution >= 0.6 is 0 Å². The fraction of sp³-hybridized carbons (Fsp3) is 0.842. The monoisotopic (exact) mass is 294 g/mol. The van der Waals surface area contributed by atoms with Crippen LogP contribution in [0.2, 0.25) is 0 Å². The van der Waals surface area contributed by atoms with Crippen LogP contribution in [-0.2, 0) is 9.53 Å². The molecule has 0 amide bonds. The molecule has 0 aliphatic rings. The van der Waals surface area contributed by atoms with Crippen molar-refractivity contribution in [1.82, 2.24) is 0 Å². The molecule has 122 valence electrons. The molecule has 0 aromatic rings. The lowest BCUT2D eigenvalue weighted by Crippen LogP contribution is -2.22. The van der Waals surface area contributed by atoms with Gasteiger partial charge in [-0.2, -0.15) is 0 Å². The summed E-state index contributed by atoms with van der Waals surface area (Å²) in [5.74, 6) is 5.82. The van der Waals surface area contributed by atoms with Gasteiger partial charge in [0.25, 0.3) is 0 Å². The largest absolute Gasteiger partial charge is 0.452 e. The molecule has 21 heavy (non-hydrogen) atoms. The predicted molar refractivity (Wildman–Crippen MR) is 90.0 cm³/mol. The van der Waals surface area contributed by atoms with Crippen LogP contribution in [0.4, 0.5) is 0 Å². The third kappa shape index (κ3) is 13.8. The van der Waals surface area contributed by atoms with Crippen LogP contribution in [0.5, 0.6) is 0 Å². The topological polar surface area (TPSA) is 26.3 Å². The summed E-state index contributed by atoms with van der Waals surface area (Å²) in [6, 6.07) is 0. The van der Waals surface area contributed by atoms with Crippen LogP contribution < -0.4 is 0 Å². The lowest BCUT2D eigenvalue weighted by atomic mass is 9.97. The van der Waals surface area contributed by atoms with E-state index in [2.05, 4.69) is 18.8 Å². The van der Waals surface area contributed by atoms with E-state index in [0.29, 0.717) is 0 Å². The van der Waals surface area contributed by atoms with E-state index in [1.54, 1.807) is 0 Å². The second kappa shape index (κ2) is 12.7. The molecule has 0 N–H and O–H groups in total. The molecule has 0 heterocycles. The smallest absolute Gasteiger partial charge is 0.312 e. The van der Waals surface area contributed by atoms with Crippen LogP contribution in [0.25, 0.3) is 0 Å². The van der Waals surface area contributed by atoms with E-state index in [-0.39, 0.29) is 12.6 Å². The summed E-state index contributed by atoms with van der Waals surface area (Å²) in [7, 11) is 0. The number of hydrogen-bond donors (Lipinski definition) is 0. The maximum absolute atomic E-state index is 11.5. The van der Waals surface area contributed by atoms with Crippen molar-refractivity contribution in [1.29, 1.82) is 0 Å². The van der Waals surface area contributed by atoms with Gasteiger partial charge >= 0.3 is 5.97 Å². The van der Waals surface area contributed by atoms with Crippen molar-refractivity contribution in [3.63, 3.8) is 0 Å². The zero-order chi connectivity index (χ0) is 16.0. The summed E-state index contributed by atoms with van der Waals surface area (Å²) in [6.07, 6.45) is 12.9. The Morgan fingerprint density at radius 2 is 1.38 bits per heavy atom. The highest BCUT2D eigenvalue weighted by Gasteiger charge is 2.22. The van der Waals surface area contributed by atoms with Gasteiger partial charge in [0.15, 0.2) is 6.61 Å². The third-order valence-electron chi connectivity index (χ3n) is 3.42. The van der Waals surface area contributed by atoms with Gasteiger partial charge < -0.3 is 4.74 Å². The Kier molecular flexibility index (Phi) is 12.2. The molecule has 0 atom stereocenters. The molecular weight excluding hydrogens is 260 g/mol. The Morgan fingerprint density at radius 1 is 0.857 bits per heavy atom. The molecule has 0 rings (SSSR count). The van der Waals surface area contributed by atoms with E-state index >= 15 is 0 Å². The molecule has 0 aromatic carbocycles. The van der Waals surface area contributed by atoms with Crippen molar-refractivity contribution >= 4 is 5.97 Å². The number of carbonyl (C=O) groups is 1. The summed E-state index contributed by atoms with van der Waals surface area (Å²) >= 11 is 0. The van der Waals surface area contributed by atoms with Crippen LogP contribution in [0, 0.1) is 17.3 Å². The van der Waals surface area contributed by atoms with E-state index < -0.39 is 5.41 Å². The lowest BCUT2D eigenvalue weighted by Gasteiger charge is -2.14. The molecule has 0 radical (unpaired) electrons. The van der Waals surface area contributed by atoms with Gasteiger partial charge in [-0.3, -0.25) is 4.79 Å². The SMILES string of the molecule is CCCCCCCCCCCC#CCOC(=O)C(C)(C)C. The molecule has 0 saturated heterocycles. The molecule has 0 saturated carbocycles. The standard InChI is InChI=1S/C19H34O2/c1-5-6-7-8-9-10-11-12-13-14-15-16-17-21-18(20)19(2,3)4/h5-14,17H2,1-4H3. The predicted octanol–water partition coefficient (Wildman–Crippen LogP) is 5.50. The molecule has 0 spiro atoms. The van der Waals surface area contributed by atoms with Crippen LogP contribution in [-0.4, -0.2) is 12.6 Å². The normalized spacial score (nSPS) is 10.9. The summed E-state index contributed by atoms with van der Waals surface area (Å²) in [5, 5.41) is 0. The number of unbranched alkanes of at least 4 members (excludes halogenated alkanes) is 9. The minimum Gasteiger partial charge on any atom is -0.452 e. The van der Waals surface area contributed by atoms with Gasteiger partial charge in [-0.15, -0.1) is 0 Å². The maximum atomic E-state index is 11.5. The number of rotatable bonds is 10. The average molecular weight is 294 g/mol. The molecule has 0 aliphatic heterocycles. The second-order valence-corrected chi connectivity index (χ2v) is 6.76. The number of hydrogen-bond acceptors (Lipinski definition) is 2. The zero-order valence-electron chi connectivity index (χ0n) is 14.6. The van der Waals surface area contributed by atoms with E-state index in [1.807, 2.05) is 20.8 Å². The first-order chi connectivity index (χ1) is 9.98. The van der Waals surface area contributed by atoms with Crippen LogP contribution in [0.1, 0.15) is 91.9 Å². The van der Waals surface area contributed by atoms with Gasteiger partial charge in [0.2, 0.25) is 0 Å². The van der Waals surface area contributed by atoms with Gasteiger partial charge in [0.1, 0.15) is 0 Å². The Labute approximate surface area is 132 Å². The van der Waals surface area contributed by atoms with Crippen molar-refractivity contribution in [3.05, 3.63) is 0 Å². The fourth-order valence-corrected chi connectivity index (χ4v) is 1.98. The Balaban J connectivity index is 3.33. The summed E-state index contributed by atoms with van der Waals surface area (Å²) in [6.45, 7) is 8.04. The van der Waals surface area contributed by atoms with Gasteiger partial charge in [-0.05, 0) is 27.2 Å². The third-order valence-corrected chi connectivity index (χ3v) is 3.42. The molecule has 2 heteroatoms. The van der Waals surface area contributed by atoms with Gasteiger partial charge in [-0.1, -0.05) is 70.1 Å². The van der Waals surface area contributed by atoms with E-state index in [0.717, 1.165) is 12.8 Å². The van der Waals surface area contributed by atoms with Crippen molar-refractivity contribution in [3.8, 4) is 11.8 Å². The maximum Gasteiger partial charge on any atom is 0.312 e. The Morgan fingerprint density at radius 3 is 1.90 bits per heavy atom. The molecular formula is C19H34O2. The number of carbonyl (C=O) groups excluding carboxylic acids is 1. The van der Waals surface area contributed by atoms with Gasteiger partial charge in [0, 0.05) is 6.42 Å². The van der Waals surface area contributed by atoms with E-state index in [1.165, 1.54) is 51.4 Å². The van der Waals surface area contributed by atoms with E-state index in [4.69, 9.17) is 4.74 Å². The summed E-state index contributed by atoms with van der Waals surface area (Å²) in [4.78, 5) is 11.5. The quantitative estimate of drug-likeness (QED) is 0.302. The molecule has 0 aromatic heterocycles. The average Bonchev–Trinajstić information content (AvgIpc) is 2.42. The Bertz CT molecular complexity index is 315. The highest BCUT2D eigenvalue weighted by molar-refractivity contribution is 5.75. The van der Waals surface area contributed by atoms with Gasteiger partial charge in [0.05, 0.1) is 5.41 Å². The van der Waals surface area contributed by atoms with Crippen LogP contribution in [0.15, 0.2) is 0 Å². The minimum absolute atomic E-state index is 0.181. The van der Waals surface area contributed by atoms with Crippen molar-refractivity contribution in [2.45, 2.75) is 91.9 Å². The van der Waals surface area contributed by atoms with E-state index in [9.17, 15) is 4.79 Å². The molecule has 2 nitrogen and oxygen atoms in total. The molecule has 0 fully saturated rings. The van der Waals surface area contributed by atoms with Crippen molar-refractivity contribution < 1.29 is 9.53 Å². The summed E-state index contributed by atoms with van der Waals surface area (Å²) in [5.41, 5.74) is -0.432. The second-order valence-electron chi connectivity index (χ2n) is 6.76. The van der Waals surface area contributed by atoms with Gasteiger partial charge in [-0.25, -0.2) is 0 Å².